The molecule has 148 valence electrons. The van der Waals surface area contributed by atoms with E-state index in [0.717, 1.165) is 5.56 Å². The monoisotopic (exact) mass is 480 g/mol. The van der Waals surface area contributed by atoms with Crippen molar-refractivity contribution in [2.45, 2.75) is 38.3 Å². The van der Waals surface area contributed by atoms with Crippen molar-refractivity contribution < 1.29 is 12.9 Å². The van der Waals surface area contributed by atoms with Crippen LogP contribution in [0.4, 0.5) is 5.88 Å². The molecular weight excluding hydrogens is 460 g/mol. The number of thiophene rings is 1. The van der Waals surface area contributed by atoms with Gasteiger partial charge in [0.1, 0.15) is 8.68 Å². The molecule has 1 N–H and O–H groups in total. The number of benzene rings is 1. The summed E-state index contributed by atoms with van der Waals surface area (Å²) in [5, 5.41) is 5.53. The fourth-order valence-corrected chi connectivity index (χ4v) is 5.86. The Morgan fingerprint density at radius 3 is 2.50 bits per heavy atom. The molecule has 5 nitrogen and oxygen atoms in total. The maximum absolute atomic E-state index is 12.8. The molecule has 0 aliphatic heterocycles. The summed E-state index contributed by atoms with van der Waals surface area (Å²) in [6, 6.07) is 6.13. The standard InChI is InChI=1S/C20H21BrN2O3S2/c1-12-10-13(2)17(14(3)11-12)7-5-6-16-8-9-27-20(16)28(24,25)23-19-18(21)15(4)22-26-19/h5,7-11,23H,6H2,1-4H3. The third kappa shape index (κ3) is 4.39. The van der Waals surface area contributed by atoms with E-state index in [0.29, 0.717) is 16.6 Å². The first kappa shape index (κ1) is 20.8. The van der Waals surface area contributed by atoms with Crippen LogP contribution in [0.1, 0.15) is 33.5 Å². The molecule has 0 atom stereocenters. The second-order valence-corrected chi connectivity index (χ2v) is 10.3. The van der Waals surface area contributed by atoms with Crippen LogP contribution in [-0.4, -0.2) is 13.6 Å². The number of aryl methyl sites for hydroxylation is 4. The Hall–Kier alpha value is -1.90. The molecule has 0 amide bonds. The SMILES string of the molecule is Cc1cc(C)c(C=CCc2ccsc2S(=O)(=O)Nc2onc(C)c2Br)c(C)c1. The number of halogens is 1. The number of nitrogens with one attached hydrogen (secondary N) is 1. The first-order chi connectivity index (χ1) is 13.2. The second kappa shape index (κ2) is 8.23. The predicted molar refractivity (Wildman–Crippen MR) is 117 cm³/mol. The molecule has 2 heterocycles. The summed E-state index contributed by atoms with van der Waals surface area (Å²) < 4.78 is 33.9. The third-order valence-corrected chi connectivity index (χ3v) is 8.16. The van der Waals surface area contributed by atoms with Crippen LogP contribution in [0.2, 0.25) is 0 Å². The van der Waals surface area contributed by atoms with Crippen molar-refractivity contribution in [2.75, 3.05) is 4.72 Å². The number of sulfonamides is 1. The van der Waals surface area contributed by atoms with Gasteiger partial charge < -0.3 is 4.52 Å². The van der Waals surface area contributed by atoms with Gasteiger partial charge in [-0.1, -0.05) is 35.0 Å². The van der Waals surface area contributed by atoms with E-state index >= 15 is 0 Å². The van der Waals surface area contributed by atoms with Crippen molar-refractivity contribution in [3.05, 3.63) is 67.6 Å². The van der Waals surface area contributed by atoms with E-state index in [-0.39, 0.29) is 10.1 Å². The Morgan fingerprint density at radius 2 is 1.89 bits per heavy atom. The maximum Gasteiger partial charge on any atom is 0.274 e. The van der Waals surface area contributed by atoms with Crippen LogP contribution >= 0.6 is 27.3 Å². The van der Waals surface area contributed by atoms with Crippen molar-refractivity contribution in [1.82, 2.24) is 5.16 Å². The van der Waals surface area contributed by atoms with E-state index in [4.69, 9.17) is 4.52 Å². The fourth-order valence-electron chi connectivity index (χ4n) is 3.06. The number of rotatable bonds is 6. The first-order valence-corrected chi connectivity index (χ1v) is 11.8. The van der Waals surface area contributed by atoms with Gasteiger partial charge in [0.2, 0.25) is 0 Å². The minimum absolute atomic E-state index is 0.0818. The quantitative estimate of drug-likeness (QED) is 0.484. The molecule has 0 saturated carbocycles. The highest BCUT2D eigenvalue weighted by atomic mass is 79.9. The van der Waals surface area contributed by atoms with Gasteiger partial charge in [-0.3, -0.25) is 0 Å². The molecule has 0 unspecified atom stereocenters. The smallest absolute Gasteiger partial charge is 0.274 e. The zero-order valence-corrected chi connectivity index (χ0v) is 19.3. The Bertz CT molecular complexity index is 1120. The van der Waals surface area contributed by atoms with Gasteiger partial charge in [-0.25, -0.2) is 13.1 Å². The number of hydrogen-bond acceptors (Lipinski definition) is 5. The molecule has 0 aliphatic rings. The summed E-state index contributed by atoms with van der Waals surface area (Å²) >= 11 is 4.46. The van der Waals surface area contributed by atoms with Crippen molar-refractivity contribution in [2.24, 2.45) is 0 Å². The van der Waals surface area contributed by atoms with E-state index in [2.05, 4.69) is 64.8 Å². The van der Waals surface area contributed by atoms with Crippen LogP contribution in [0.5, 0.6) is 0 Å². The molecule has 0 saturated heterocycles. The lowest BCUT2D eigenvalue weighted by atomic mass is 9.99. The van der Waals surface area contributed by atoms with Crippen molar-refractivity contribution in [1.29, 1.82) is 0 Å². The van der Waals surface area contributed by atoms with Gasteiger partial charge in [-0.2, -0.15) is 0 Å². The first-order valence-electron chi connectivity index (χ1n) is 8.64. The molecule has 2 aromatic heterocycles. The lowest BCUT2D eigenvalue weighted by Crippen LogP contribution is -2.13. The highest BCUT2D eigenvalue weighted by molar-refractivity contribution is 9.10. The largest absolute Gasteiger partial charge is 0.336 e. The summed E-state index contributed by atoms with van der Waals surface area (Å²) in [6.45, 7) is 7.97. The van der Waals surface area contributed by atoms with Crippen LogP contribution in [0, 0.1) is 27.7 Å². The van der Waals surface area contributed by atoms with Gasteiger partial charge >= 0.3 is 0 Å². The normalized spacial score (nSPS) is 12.0. The molecule has 0 spiro atoms. The summed E-state index contributed by atoms with van der Waals surface area (Å²) in [5.74, 6) is 0.0818. The van der Waals surface area contributed by atoms with Gasteiger partial charge in [0.05, 0.1) is 5.69 Å². The molecule has 8 heteroatoms. The topological polar surface area (TPSA) is 72.2 Å². The Kier molecular flexibility index (Phi) is 6.12. The minimum atomic E-state index is -3.76. The van der Waals surface area contributed by atoms with Crippen LogP contribution in [0.15, 0.2) is 42.9 Å². The van der Waals surface area contributed by atoms with Gasteiger partial charge in [-0.05, 0) is 83.7 Å². The molecule has 1 aromatic carbocycles. The van der Waals surface area contributed by atoms with E-state index < -0.39 is 10.0 Å². The van der Waals surface area contributed by atoms with Crippen molar-refractivity contribution in [3.8, 4) is 0 Å². The number of anilines is 1. The third-order valence-electron chi connectivity index (χ3n) is 4.33. The van der Waals surface area contributed by atoms with Gasteiger partial charge in [0, 0.05) is 0 Å². The molecule has 3 aromatic rings. The molecule has 0 fully saturated rings. The predicted octanol–water partition coefficient (Wildman–Crippen LogP) is 5.79. The minimum Gasteiger partial charge on any atom is -0.336 e. The zero-order chi connectivity index (χ0) is 20.5. The van der Waals surface area contributed by atoms with Crippen LogP contribution in [0.3, 0.4) is 0 Å². The number of hydrogen-bond donors (Lipinski definition) is 1. The number of allylic oxidation sites excluding steroid dienone is 1. The molecule has 28 heavy (non-hydrogen) atoms. The van der Waals surface area contributed by atoms with Gasteiger partial charge in [0.15, 0.2) is 0 Å². The molecule has 3 rings (SSSR count). The van der Waals surface area contributed by atoms with E-state index in [1.165, 1.54) is 33.6 Å². The summed E-state index contributed by atoms with van der Waals surface area (Å²) in [7, 11) is -3.76. The molecule has 0 bridgehead atoms. The van der Waals surface area contributed by atoms with E-state index in [1.54, 1.807) is 12.3 Å². The number of aromatic nitrogens is 1. The lowest BCUT2D eigenvalue weighted by molar-refractivity contribution is 0.430. The van der Waals surface area contributed by atoms with E-state index in [9.17, 15) is 8.42 Å². The highest BCUT2D eigenvalue weighted by Gasteiger charge is 2.23. The average molecular weight is 481 g/mol. The van der Waals surface area contributed by atoms with Crippen molar-refractivity contribution in [3.63, 3.8) is 0 Å². The highest BCUT2D eigenvalue weighted by Crippen LogP contribution is 2.31. The fraction of sp³-hybridized carbons (Fsp3) is 0.250. The van der Waals surface area contributed by atoms with Crippen LogP contribution in [0.25, 0.3) is 6.08 Å². The van der Waals surface area contributed by atoms with E-state index in [1.807, 2.05) is 12.1 Å². The number of nitrogens with zero attached hydrogens (tertiary/aromatic N) is 1. The van der Waals surface area contributed by atoms with Crippen molar-refractivity contribution >= 4 is 49.3 Å². The Balaban J connectivity index is 1.81. The Morgan fingerprint density at radius 1 is 1.21 bits per heavy atom. The second-order valence-electron chi connectivity index (χ2n) is 6.67. The zero-order valence-electron chi connectivity index (χ0n) is 16.0. The van der Waals surface area contributed by atoms with Gasteiger partial charge in [-0.15, -0.1) is 11.3 Å². The van der Waals surface area contributed by atoms with Crippen LogP contribution < -0.4 is 4.72 Å². The summed E-state index contributed by atoms with van der Waals surface area (Å²) in [4.78, 5) is 0. The van der Waals surface area contributed by atoms with Crippen LogP contribution in [-0.2, 0) is 16.4 Å². The summed E-state index contributed by atoms with van der Waals surface area (Å²) in [6.07, 6.45) is 4.57. The maximum atomic E-state index is 12.8. The summed E-state index contributed by atoms with van der Waals surface area (Å²) in [5.41, 5.74) is 6.14. The average Bonchev–Trinajstić information content (AvgIpc) is 3.20. The lowest BCUT2D eigenvalue weighted by Gasteiger charge is -2.07. The Labute approximate surface area is 177 Å². The molecule has 0 aliphatic carbocycles. The van der Waals surface area contributed by atoms with Gasteiger partial charge in [0.25, 0.3) is 15.9 Å². The molecular formula is C20H21BrN2O3S2. The molecule has 0 radical (unpaired) electrons.